The van der Waals surface area contributed by atoms with Crippen molar-refractivity contribution in [3.63, 3.8) is 0 Å². The lowest BCUT2D eigenvalue weighted by molar-refractivity contribution is 0.0702. The summed E-state index contributed by atoms with van der Waals surface area (Å²) < 4.78 is 1.59. The third-order valence-corrected chi connectivity index (χ3v) is 3.21. The number of aromatic nitrogens is 3. The predicted molar refractivity (Wildman–Crippen MR) is 63.6 cm³/mol. The summed E-state index contributed by atoms with van der Waals surface area (Å²) in [6.45, 7) is 0.922. The second kappa shape index (κ2) is 5.41. The van der Waals surface area contributed by atoms with Gasteiger partial charge in [-0.15, -0.1) is 16.4 Å². The maximum atomic E-state index is 11.7. The van der Waals surface area contributed by atoms with Crippen LogP contribution in [0.1, 0.15) is 19.3 Å². The maximum Gasteiger partial charge on any atom is 0.345 e. The van der Waals surface area contributed by atoms with E-state index in [0.29, 0.717) is 18.0 Å². The van der Waals surface area contributed by atoms with Crippen LogP contribution in [0.2, 0.25) is 0 Å². The highest BCUT2D eigenvalue weighted by Crippen LogP contribution is 2.15. The van der Waals surface area contributed by atoms with Crippen LogP contribution in [0.5, 0.6) is 0 Å². The highest BCUT2D eigenvalue weighted by molar-refractivity contribution is 7.15. The first-order valence-electron chi connectivity index (χ1n) is 5.12. The standard InChI is InChI=1S/C10H10N4O3S/c15-9(7-1-2-8(18-7)10(16)17)11-3-5-14-6-4-12-13-14/h1-2,4,6H,3,5H2,(H,11,15)(H,16,17). The zero-order chi connectivity index (χ0) is 13.0. The third-order valence-electron chi connectivity index (χ3n) is 2.14. The fourth-order valence-corrected chi connectivity index (χ4v) is 2.06. The van der Waals surface area contributed by atoms with Gasteiger partial charge in [0.1, 0.15) is 4.88 Å². The number of hydrogen-bond donors (Lipinski definition) is 2. The van der Waals surface area contributed by atoms with E-state index in [0.717, 1.165) is 11.3 Å². The normalized spacial score (nSPS) is 10.2. The van der Waals surface area contributed by atoms with Crippen molar-refractivity contribution in [2.75, 3.05) is 6.54 Å². The van der Waals surface area contributed by atoms with Crippen LogP contribution in [0.3, 0.4) is 0 Å². The van der Waals surface area contributed by atoms with Gasteiger partial charge < -0.3 is 10.4 Å². The van der Waals surface area contributed by atoms with E-state index in [9.17, 15) is 9.59 Å². The van der Waals surface area contributed by atoms with E-state index in [1.165, 1.54) is 12.1 Å². The van der Waals surface area contributed by atoms with Crippen LogP contribution in [0, 0.1) is 0 Å². The van der Waals surface area contributed by atoms with Crippen LogP contribution in [0.25, 0.3) is 0 Å². The first-order valence-corrected chi connectivity index (χ1v) is 5.94. The van der Waals surface area contributed by atoms with E-state index in [1.54, 1.807) is 17.1 Å². The van der Waals surface area contributed by atoms with Crippen molar-refractivity contribution in [2.45, 2.75) is 6.54 Å². The van der Waals surface area contributed by atoms with E-state index < -0.39 is 5.97 Å². The molecule has 0 spiro atoms. The van der Waals surface area contributed by atoms with E-state index in [-0.39, 0.29) is 10.8 Å². The zero-order valence-corrected chi connectivity index (χ0v) is 10.1. The monoisotopic (exact) mass is 266 g/mol. The Morgan fingerprint density at radius 2 is 2.17 bits per heavy atom. The SMILES string of the molecule is O=C(O)c1ccc(C(=O)NCCn2ccnn2)s1. The van der Waals surface area contributed by atoms with Gasteiger partial charge in [-0.25, -0.2) is 4.79 Å². The van der Waals surface area contributed by atoms with E-state index in [4.69, 9.17) is 5.11 Å². The van der Waals surface area contributed by atoms with Crippen LogP contribution in [0.15, 0.2) is 24.5 Å². The number of carboxylic acid groups (broad SMARTS) is 1. The molecule has 0 aliphatic rings. The molecule has 1 amide bonds. The zero-order valence-electron chi connectivity index (χ0n) is 9.24. The number of aromatic carboxylic acids is 1. The van der Waals surface area contributed by atoms with Gasteiger partial charge in [0.2, 0.25) is 0 Å². The molecule has 18 heavy (non-hydrogen) atoms. The average Bonchev–Trinajstić information content (AvgIpc) is 2.99. The van der Waals surface area contributed by atoms with Crippen molar-refractivity contribution in [3.8, 4) is 0 Å². The minimum absolute atomic E-state index is 0.149. The summed E-state index contributed by atoms with van der Waals surface area (Å²) in [5, 5.41) is 18.8. The van der Waals surface area contributed by atoms with E-state index in [2.05, 4.69) is 15.6 Å². The molecule has 0 aliphatic heterocycles. The first kappa shape index (κ1) is 12.2. The van der Waals surface area contributed by atoms with Gasteiger partial charge in [-0.3, -0.25) is 9.48 Å². The van der Waals surface area contributed by atoms with Crippen molar-refractivity contribution in [1.29, 1.82) is 0 Å². The number of amides is 1. The number of carbonyl (C=O) groups excluding carboxylic acids is 1. The molecule has 0 aromatic carbocycles. The Balaban J connectivity index is 1.85. The molecule has 0 radical (unpaired) electrons. The number of carboxylic acids is 1. The molecule has 0 saturated carbocycles. The van der Waals surface area contributed by atoms with Crippen LogP contribution < -0.4 is 5.32 Å². The summed E-state index contributed by atoms with van der Waals surface area (Å²) in [6.07, 6.45) is 3.25. The molecule has 2 N–H and O–H groups in total. The van der Waals surface area contributed by atoms with Gasteiger partial charge >= 0.3 is 5.97 Å². The van der Waals surface area contributed by atoms with Gasteiger partial charge in [-0.05, 0) is 12.1 Å². The van der Waals surface area contributed by atoms with Crippen LogP contribution in [-0.2, 0) is 6.54 Å². The molecule has 0 fully saturated rings. The molecule has 94 valence electrons. The number of hydrogen-bond acceptors (Lipinski definition) is 5. The highest BCUT2D eigenvalue weighted by Gasteiger charge is 2.12. The number of nitrogens with zero attached hydrogens (tertiary/aromatic N) is 3. The number of carbonyl (C=O) groups is 2. The van der Waals surface area contributed by atoms with Gasteiger partial charge in [-0.2, -0.15) is 0 Å². The number of thiophene rings is 1. The Morgan fingerprint density at radius 1 is 1.39 bits per heavy atom. The second-order valence-corrected chi connectivity index (χ2v) is 4.47. The van der Waals surface area contributed by atoms with Crippen molar-refractivity contribution in [1.82, 2.24) is 20.3 Å². The fourth-order valence-electron chi connectivity index (χ4n) is 1.30. The average molecular weight is 266 g/mol. The lowest BCUT2D eigenvalue weighted by Gasteiger charge is -2.02. The molecule has 0 aliphatic carbocycles. The molecule has 7 nitrogen and oxygen atoms in total. The smallest absolute Gasteiger partial charge is 0.345 e. The molecule has 2 aromatic rings. The first-order chi connectivity index (χ1) is 8.66. The summed E-state index contributed by atoms with van der Waals surface area (Å²) in [6, 6.07) is 2.91. The van der Waals surface area contributed by atoms with Crippen LogP contribution in [-0.4, -0.2) is 38.5 Å². The van der Waals surface area contributed by atoms with Crippen LogP contribution >= 0.6 is 11.3 Å². The van der Waals surface area contributed by atoms with Crippen LogP contribution in [0.4, 0.5) is 0 Å². The molecule has 0 unspecified atom stereocenters. The molecule has 2 heterocycles. The lowest BCUT2D eigenvalue weighted by atomic mass is 10.4. The van der Waals surface area contributed by atoms with E-state index in [1.807, 2.05) is 0 Å². The van der Waals surface area contributed by atoms with Crippen molar-refractivity contribution in [2.24, 2.45) is 0 Å². The predicted octanol–water partition coefficient (Wildman–Crippen LogP) is 0.468. The summed E-state index contributed by atoms with van der Waals surface area (Å²) in [5.41, 5.74) is 0. The quantitative estimate of drug-likeness (QED) is 0.819. The molecule has 8 heteroatoms. The number of nitrogens with one attached hydrogen (secondary N) is 1. The van der Waals surface area contributed by atoms with Gasteiger partial charge in [0.05, 0.1) is 17.6 Å². The van der Waals surface area contributed by atoms with Gasteiger partial charge in [0, 0.05) is 12.7 Å². The topological polar surface area (TPSA) is 97.1 Å². The minimum Gasteiger partial charge on any atom is -0.477 e. The summed E-state index contributed by atoms with van der Waals surface area (Å²) in [5.74, 6) is -1.31. The van der Waals surface area contributed by atoms with E-state index >= 15 is 0 Å². The van der Waals surface area contributed by atoms with Crippen molar-refractivity contribution >= 4 is 23.2 Å². The molecule has 2 aromatic heterocycles. The third kappa shape index (κ3) is 2.92. The molecular weight excluding hydrogens is 256 g/mol. The highest BCUT2D eigenvalue weighted by atomic mass is 32.1. The Labute approximate surface area is 106 Å². The summed E-state index contributed by atoms with van der Waals surface area (Å²) in [7, 11) is 0. The molecular formula is C10H10N4O3S. The summed E-state index contributed by atoms with van der Waals surface area (Å²) in [4.78, 5) is 22.9. The minimum atomic E-state index is -1.03. The second-order valence-electron chi connectivity index (χ2n) is 3.39. The Bertz CT molecular complexity index is 549. The Morgan fingerprint density at radius 3 is 2.78 bits per heavy atom. The lowest BCUT2D eigenvalue weighted by Crippen LogP contribution is -2.26. The molecule has 0 bridgehead atoms. The molecule has 0 saturated heterocycles. The van der Waals surface area contributed by atoms with Crippen molar-refractivity contribution < 1.29 is 14.7 Å². The number of rotatable bonds is 5. The fraction of sp³-hybridized carbons (Fsp3) is 0.200. The molecule has 2 rings (SSSR count). The summed E-state index contributed by atoms with van der Waals surface area (Å²) >= 11 is 0.951. The van der Waals surface area contributed by atoms with Gasteiger partial charge in [-0.1, -0.05) is 5.21 Å². The van der Waals surface area contributed by atoms with Crippen molar-refractivity contribution in [3.05, 3.63) is 34.3 Å². The Hall–Kier alpha value is -2.22. The molecule has 0 atom stereocenters. The largest absolute Gasteiger partial charge is 0.477 e. The van der Waals surface area contributed by atoms with Gasteiger partial charge in [0.15, 0.2) is 0 Å². The van der Waals surface area contributed by atoms with Gasteiger partial charge in [0.25, 0.3) is 5.91 Å². The Kier molecular flexibility index (Phi) is 3.68. The maximum absolute atomic E-state index is 11.7.